The minimum atomic E-state index is -0.235. The van der Waals surface area contributed by atoms with E-state index in [1.165, 1.54) is 0 Å². The molecule has 0 saturated heterocycles. The van der Waals surface area contributed by atoms with Crippen LogP contribution in [0, 0.1) is 0 Å². The van der Waals surface area contributed by atoms with Crippen LogP contribution in [0.15, 0.2) is 52.1 Å². The molecule has 2 aromatic heterocycles. The van der Waals surface area contributed by atoms with E-state index in [0.29, 0.717) is 17.6 Å². The lowest BCUT2D eigenvalue weighted by atomic mass is 10.0. The number of nitrogens with zero attached hydrogens (tertiary/aromatic N) is 1. The number of benzene rings is 1. The number of hydrogen-bond donors (Lipinski definition) is 2. The molecule has 2 N–H and O–H groups in total. The molecule has 0 aliphatic rings. The fraction of sp³-hybridized carbons (Fsp3) is 0.222. The van der Waals surface area contributed by atoms with Gasteiger partial charge in [-0.3, -0.25) is 9.59 Å². The normalized spacial score (nSPS) is 12.5. The van der Waals surface area contributed by atoms with Crippen molar-refractivity contribution in [3.63, 3.8) is 0 Å². The minimum absolute atomic E-state index is 0.0497. The SMILES string of the molecule is CN(C)CC(C(=O)Nc1ccc2c(=O)[nH]ccc2c1)c1ccsc1. The van der Waals surface area contributed by atoms with Crippen molar-refractivity contribution in [1.82, 2.24) is 9.88 Å². The average Bonchev–Trinajstić information content (AvgIpc) is 3.06. The first-order chi connectivity index (χ1) is 11.5. The van der Waals surface area contributed by atoms with Gasteiger partial charge < -0.3 is 15.2 Å². The summed E-state index contributed by atoms with van der Waals surface area (Å²) in [6.45, 7) is 0.635. The highest BCUT2D eigenvalue weighted by atomic mass is 32.1. The van der Waals surface area contributed by atoms with Gasteiger partial charge in [-0.2, -0.15) is 11.3 Å². The number of H-pyrrole nitrogens is 1. The van der Waals surface area contributed by atoms with Gasteiger partial charge in [-0.15, -0.1) is 0 Å². The van der Waals surface area contributed by atoms with Gasteiger partial charge in [0.15, 0.2) is 0 Å². The van der Waals surface area contributed by atoms with Gasteiger partial charge in [-0.1, -0.05) is 0 Å². The molecule has 24 heavy (non-hydrogen) atoms. The molecular formula is C18H19N3O2S. The van der Waals surface area contributed by atoms with Crippen LogP contribution >= 0.6 is 11.3 Å². The predicted octanol–water partition coefficient (Wildman–Crippen LogP) is 2.87. The molecule has 1 unspecified atom stereocenters. The summed E-state index contributed by atoms with van der Waals surface area (Å²) in [4.78, 5) is 29.1. The summed E-state index contributed by atoms with van der Waals surface area (Å²) < 4.78 is 0. The van der Waals surface area contributed by atoms with E-state index in [1.807, 2.05) is 48.0 Å². The first kappa shape index (κ1) is 16.4. The van der Waals surface area contributed by atoms with Gasteiger partial charge >= 0.3 is 0 Å². The van der Waals surface area contributed by atoms with E-state index in [0.717, 1.165) is 10.9 Å². The Morgan fingerprint density at radius 1 is 1.29 bits per heavy atom. The molecule has 124 valence electrons. The van der Waals surface area contributed by atoms with Crippen molar-refractivity contribution in [2.24, 2.45) is 0 Å². The number of carbonyl (C=O) groups excluding carboxylic acids is 1. The minimum Gasteiger partial charge on any atom is -0.329 e. The maximum atomic E-state index is 12.7. The molecule has 0 aliphatic carbocycles. The number of rotatable bonds is 5. The summed E-state index contributed by atoms with van der Waals surface area (Å²) in [6, 6.07) is 9.12. The van der Waals surface area contributed by atoms with Gasteiger partial charge in [0.25, 0.3) is 5.56 Å². The lowest BCUT2D eigenvalue weighted by Crippen LogP contribution is -2.30. The number of aromatic nitrogens is 1. The van der Waals surface area contributed by atoms with Crippen molar-refractivity contribution in [2.45, 2.75) is 5.92 Å². The van der Waals surface area contributed by atoms with Crippen molar-refractivity contribution >= 4 is 33.7 Å². The van der Waals surface area contributed by atoms with Crippen LogP contribution in [-0.4, -0.2) is 36.4 Å². The Hall–Kier alpha value is -2.44. The van der Waals surface area contributed by atoms with Crippen LogP contribution in [0.1, 0.15) is 11.5 Å². The molecule has 0 bridgehead atoms. The van der Waals surface area contributed by atoms with Gasteiger partial charge in [-0.25, -0.2) is 0 Å². The van der Waals surface area contributed by atoms with Crippen LogP contribution in [0.2, 0.25) is 0 Å². The fourth-order valence-electron chi connectivity index (χ4n) is 2.68. The van der Waals surface area contributed by atoms with Crippen molar-refractivity contribution < 1.29 is 4.79 Å². The van der Waals surface area contributed by atoms with Crippen molar-refractivity contribution in [3.05, 3.63) is 63.2 Å². The zero-order chi connectivity index (χ0) is 17.1. The van der Waals surface area contributed by atoms with Crippen LogP contribution in [0.25, 0.3) is 10.8 Å². The second-order valence-electron chi connectivity index (χ2n) is 5.97. The lowest BCUT2D eigenvalue weighted by molar-refractivity contribution is -0.117. The smallest absolute Gasteiger partial charge is 0.255 e. The number of carbonyl (C=O) groups is 1. The Bertz CT molecular complexity index is 900. The highest BCUT2D eigenvalue weighted by molar-refractivity contribution is 7.08. The number of hydrogen-bond acceptors (Lipinski definition) is 4. The van der Waals surface area contributed by atoms with E-state index >= 15 is 0 Å². The first-order valence-electron chi connectivity index (χ1n) is 7.64. The molecule has 1 atom stereocenters. The zero-order valence-corrected chi connectivity index (χ0v) is 14.4. The fourth-order valence-corrected chi connectivity index (χ4v) is 3.39. The average molecular weight is 341 g/mol. The lowest BCUT2D eigenvalue weighted by Gasteiger charge is -2.20. The van der Waals surface area contributed by atoms with Crippen molar-refractivity contribution in [1.29, 1.82) is 0 Å². The molecule has 1 aromatic carbocycles. The Morgan fingerprint density at radius 2 is 2.12 bits per heavy atom. The summed E-state index contributed by atoms with van der Waals surface area (Å²) in [5, 5.41) is 8.37. The third-order valence-electron chi connectivity index (χ3n) is 3.85. The zero-order valence-electron chi connectivity index (χ0n) is 13.6. The van der Waals surface area contributed by atoms with E-state index < -0.39 is 0 Å². The van der Waals surface area contributed by atoms with E-state index in [9.17, 15) is 9.59 Å². The van der Waals surface area contributed by atoms with Gasteiger partial charge in [0.2, 0.25) is 5.91 Å². The second kappa shape index (κ2) is 6.98. The van der Waals surface area contributed by atoms with Crippen molar-refractivity contribution in [2.75, 3.05) is 26.0 Å². The van der Waals surface area contributed by atoms with E-state index in [-0.39, 0.29) is 17.4 Å². The third-order valence-corrected chi connectivity index (χ3v) is 4.55. The number of amides is 1. The number of pyridine rings is 1. The van der Waals surface area contributed by atoms with Gasteiger partial charge in [0.05, 0.1) is 5.92 Å². The Morgan fingerprint density at radius 3 is 2.83 bits per heavy atom. The molecule has 3 aromatic rings. The Labute approximate surface area is 143 Å². The Kier molecular flexibility index (Phi) is 4.78. The second-order valence-corrected chi connectivity index (χ2v) is 6.75. The molecule has 5 nitrogen and oxygen atoms in total. The molecular weight excluding hydrogens is 322 g/mol. The molecule has 6 heteroatoms. The molecule has 0 fully saturated rings. The number of thiophene rings is 1. The summed E-state index contributed by atoms with van der Waals surface area (Å²) in [7, 11) is 3.91. The maximum Gasteiger partial charge on any atom is 0.255 e. The standard InChI is InChI=1S/C18H19N3O2S/c1-21(2)10-16(13-6-8-24-11-13)18(23)20-14-3-4-15-12(9-14)5-7-19-17(15)22/h3-9,11,16H,10H2,1-2H3,(H,19,22)(H,20,23). The Balaban J connectivity index is 1.85. The molecule has 2 heterocycles. The highest BCUT2D eigenvalue weighted by Crippen LogP contribution is 2.23. The largest absolute Gasteiger partial charge is 0.329 e. The third kappa shape index (κ3) is 3.55. The summed E-state index contributed by atoms with van der Waals surface area (Å²) in [5.41, 5.74) is 1.58. The molecule has 0 spiro atoms. The van der Waals surface area contributed by atoms with Crippen LogP contribution in [-0.2, 0) is 4.79 Å². The number of nitrogens with one attached hydrogen (secondary N) is 2. The highest BCUT2D eigenvalue weighted by Gasteiger charge is 2.22. The van der Waals surface area contributed by atoms with Gasteiger partial charge in [0, 0.05) is 23.8 Å². The van der Waals surface area contributed by atoms with Gasteiger partial charge in [-0.05, 0) is 66.1 Å². The van der Waals surface area contributed by atoms with Crippen molar-refractivity contribution in [3.8, 4) is 0 Å². The summed E-state index contributed by atoms with van der Waals surface area (Å²) in [5.74, 6) is -0.285. The van der Waals surface area contributed by atoms with Crippen LogP contribution in [0.4, 0.5) is 5.69 Å². The number of likely N-dealkylation sites (N-methyl/N-ethyl adjacent to an activating group) is 1. The molecule has 1 amide bonds. The molecule has 0 saturated carbocycles. The van der Waals surface area contributed by atoms with E-state index in [1.54, 1.807) is 29.7 Å². The molecule has 3 rings (SSSR count). The number of aromatic amines is 1. The predicted molar refractivity (Wildman–Crippen MR) is 98.8 cm³/mol. The van der Waals surface area contributed by atoms with Gasteiger partial charge in [0.1, 0.15) is 0 Å². The van der Waals surface area contributed by atoms with E-state index in [2.05, 4.69) is 10.3 Å². The maximum absolute atomic E-state index is 12.7. The summed E-state index contributed by atoms with van der Waals surface area (Å²) in [6.07, 6.45) is 1.61. The van der Waals surface area contributed by atoms with Crippen LogP contribution in [0.5, 0.6) is 0 Å². The van der Waals surface area contributed by atoms with Crippen LogP contribution < -0.4 is 10.9 Å². The van der Waals surface area contributed by atoms with E-state index in [4.69, 9.17) is 0 Å². The molecule has 0 radical (unpaired) electrons. The number of fused-ring (bicyclic) bond motifs is 1. The van der Waals surface area contributed by atoms with Crippen LogP contribution in [0.3, 0.4) is 0 Å². The first-order valence-corrected chi connectivity index (χ1v) is 8.58. The summed E-state index contributed by atoms with van der Waals surface area (Å²) >= 11 is 1.59. The number of anilines is 1. The topological polar surface area (TPSA) is 65.2 Å². The quantitative estimate of drug-likeness (QED) is 0.750. The molecule has 0 aliphatic heterocycles. The monoisotopic (exact) mass is 341 g/mol.